The molecule has 1 aromatic carbocycles. The number of H-pyrrole nitrogens is 1. The van der Waals surface area contributed by atoms with E-state index in [2.05, 4.69) is 10.3 Å². The number of hydrogen-bond donors (Lipinski definition) is 2. The van der Waals surface area contributed by atoms with Gasteiger partial charge in [0.25, 0.3) is 0 Å². The molecule has 4 bridgehead atoms. The standard InChI is InChI=1S/C23H27ClN2O4/c1-3-30-20(27)19-18(16-7-15(29-2)4-5-17(16)25-19)26-21(28)22-8-13-6-14(9-22)11-23(24,10-13)12-22/h4-5,7,13-14,25H,3,6,8-12H2,1-2H3,(H,26,28)/t13-,14-,22?,23?/m0/s1. The molecule has 7 heteroatoms. The highest BCUT2D eigenvalue weighted by molar-refractivity contribution is 6.24. The molecule has 4 aliphatic rings. The summed E-state index contributed by atoms with van der Waals surface area (Å²) >= 11 is 6.93. The van der Waals surface area contributed by atoms with E-state index >= 15 is 0 Å². The molecule has 2 atom stereocenters. The van der Waals surface area contributed by atoms with Gasteiger partial charge in [-0.2, -0.15) is 0 Å². The van der Waals surface area contributed by atoms with Crippen LogP contribution in [0, 0.1) is 17.3 Å². The number of nitrogens with one attached hydrogen (secondary N) is 2. The molecule has 0 aliphatic heterocycles. The quantitative estimate of drug-likeness (QED) is 0.523. The minimum atomic E-state index is -0.484. The molecule has 4 saturated carbocycles. The second-order valence-corrected chi connectivity index (χ2v) is 10.2. The third-order valence-electron chi connectivity index (χ3n) is 7.20. The van der Waals surface area contributed by atoms with E-state index in [0.717, 1.165) is 36.6 Å². The molecule has 4 fully saturated rings. The fourth-order valence-corrected chi connectivity index (χ4v) is 7.14. The molecule has 160 valence electrons. The summed E-state index contributed by atoms with van der Waals surface area (Å²) in [6.45, 7) is 2.02. The van der Waals surface area contributed by atoms with E-state index in [0.29, 0.717) is 29.7 Å². The van der Waals surface area contributed by atoms with Crippen molar-refractivity contribution in [3.8, 4) is 5.75 Å². The lowest BCUT2D eigenvalue weighted by Crippen LogP contribution is -2.57. The van der Waals surface area contributed by atoms with Crippen molar-refractivity contribution in [1.82, 2.24) is 4.98 Å². The number of ether oxygens (including phenoxy) is 2. The highest BCUT2D eigenvalue weighted by Crippen LogP contribution is 2.64. The zero-order chi connectivity index (χ0) is 21.1. The maximum Gasteiger partial charge on any atom is 0.356 e. The predicted molar refractivity (Wildman–Crippen MR) is 115 cm³/mol. The van der Waals surface area contributed by atoms with E-state index in [1.807, 2.05) is 18.2 Å². The summed E-state index contributed by atoms with van der Waals surface area (Å²) in [5.74, 6) is 1.17. The van der Waals surface area contributed by atoms with E-state index in [-0.39, 0.29) is 23.1 Å². The Kier molecular flexibility index (Phi) is 4.54. The number of rotatable bonds is 5. The molecule has 1 amide bonds. The van der Waals surface area contributed by atoms with Crippen LogP contribution in [-0.4, -0.2) is 35.5 Å². The van der Waals surface area contributed by atoms with Crippen LogP contribution in [0.5, 0.6) is 5.75 Å². The van der Waals surface area contributed by atoms with Crippen molar-refractivity contribution in [2.75, 3.05) is 19.0 Å². The van der Waals surface area contributed by atoms with Gasteiger partial charge < -0.3 is 19.8 Å². The fourth-order valence-electron chi connectivity index (χ4n) is 6.45. The van der Waals surface area contributed by atoms with Crippen molar-refractivity contribution in [2.24, 2.45) is 17.3 Å². The van der Waals surface area contributed by atoms with Gasteiger partial charge in [0, 0.05) is 15.8 Å². The highest BCUT2D eigenvalue weighted by atomic mass is 35.5. The van der Waals surface area contributed by atoms with Crippen LogP contribution in [0.3, 0.4) is 0 Å². The molecular weight excluding hydrogens is 404 g/mol. The maximum absolute atomic E-state index is 13.7. The van der Waals surface area contributed by atoms with E-state index < -0.39 is 11.4 Å². The monoisotopic (exact) mass is 430 g/mol. The summed E-state index contributed by atoms with van der Waals surface area (Å²) in [5, 5.41) is 3.85. The zero-order valence-corrected chi connectivity index (χ0v) is 18.1. The van der Waals surface area contributed by atoms with Crippen LogP contribution in [0.1, 0.15) is 55.9 Å². The molecule has 2 N–H and O–H groups in total. The van der Waals surface area contributed by atoms with E-state index in [1.165, 1.54) is 6.42 Å². The van der Waals surface area contributed by atoms with E-state index in [1.54, 1.807) is 14.0 Å². The lowest BCUT2D eigenvalue weighted by Gasteiger charge is -2.59. The molecule has 0 unspecified atom stereocenters. The number of anilines is 1. The SMILES string of the molecule is CCOC(=O)c1[nH]c2ccc(OC)cc2c1NC(=O)C12C[C@@H]3C[C@H](CC(Cl)(C3)C1)C2. The molecule has 1 aromatic heterocycles. The van der Waals surface area contributed by atoms with Gasteiger partial charge >= 0.3 is 5.97 Å². The number of aromatic amines is 1. The second-order valence-electron chi connectivity index (χ2n) is 9.35. The Balaban J connectivity index is 1.53. The number of carbonyl (C=O) groups excluding carboxylic acids is 2. The Morgan fingerprint density at radius 1 is 1.23 bits per heavy atom. The van der Waals surface area contributed by atoms with Gasteiger partial charge in [-0.25, -0.2) is 4.79 Å². The summed E-state index contributed by atoms with van der Waals surface area (Å²) in [7, 11) is 1.59. The molecule has 0 spiro atoms. The van der Waals surface area contributed by atoms with Gasteiger partial charge in [0.2, 0.25) is 5.91 Å². The first-order valence-corrected chi connectivity index (χ1v) is 11.1. The first-order chi connectivity index (χ1) is 14.3. The van der Waals surface area contributed by atoms with Crippen molar-refractivity contribution >= 4 is 40.1 Å². The highest BCUT2D eigenvalue weighted by Gasteiger charge is 2.60. The topological polar surface area (TPSA) is 80.4 Å². The van der Waals surface area contributed by atoms with Crippen molar-refractivity contribution in [3.05, 3.63) is 23.9 Å². The van der Waals surface area contributed by atoms with Crippen molar-refractivity contribution in [2.45, 2.75) is 50.3 Å². The van der Waals surface area contributed by atoms with Crippen molar-refractivity contribution in [1.29, 1.82) is 0 Å². The molecule has 2 aromatic rings. The van der Waals surface area contributed by atoms with E-state index in [4.69, 9.17) is 21.1 Å². The third kappa shape index (κ3) is 3.08. The Morgan fingerprint density at radius 3 is 2.60 bits per heavy atom. The van der Waals surface area contributed by atoms with Crippen LogP contribution in [0.4, 0.5) is 5.69 Å². The Labute approximate surface area is 180 Å². The summed E-state index contributed by atoms with van der Waals surface area (Å²) < 4.78 is 10.6. The molecule has 0 radical (unpaired) electrons. The summed E-state index contributed by atoms with van der Waals surface area (Å²) in [6.07, 6.45) is 5.67. The summed E-state index contributed by atoms with van der Waals surface area (Å²) in [4.78, 5) is 29.1. The summed E-state index contributed by atoms with van der Waals surface area (Å²) in [5.41, 5.74) is 1.01. The zero-order valence-electron chi connectivity index (χ0n) is 17.3. The number of esters is 1. The maximum atomic E-state index is 13.7. The minimum absolute atomic E-state index is 0.0316. The van der Waals surface area contributed by atoms with E-state index in [9.17, 15) is 9.59 Å². The number of benzene rings is 1. The molecule has 30 heavy (non-hydrogen) atoms. The van der Waals surface area contributed by atoms with Gasteiger partial charge in [-0.05, 0) is 75.5 Å². The summed E-state index contributed by atoms with van der Waals surface area (Å²) in [6, 6.07) is 5.48. The normalized spacial score (nSPS) is 31.7. The molecule has 6 rings (SSSR count). The largest absolute Gasteiger partial charge is 0.497 e. The fraction of sp³-hybridized carbons (Fsp3) is 0.565. The van der Waals surface area contributed by atoms with Gasteiger partial charge in [0.15, 0.2) is 0 Å². The first-order valence-electron chi connectivity index (χ1n) is 10.7. The van der Waals surface area contributed by atoms with Gasteiger partial charge in [-0.3, -0.25) is 4.79 Å². The number of hydrogen-bond acceptors (Lipinski definition) is 4. The number of aromatic nitrogens is 1. The van der Waals surface area contributed by atoms with Gasteiger partial charge in [0.05, 0.1) is 24.8 Å². The lowest BCUT2D eigenvalue weighted by atomic mass is 9.49. The molecule has 4 aliphatic carbocycles. The van der Waals surface area contributed by atoms with Crippen LogP contribution >= 0.6 is 11.6 Å². The van der Waals surface area contributed by atoms with Crippen LogP contribution < -0.4 is 10.1 Å². The smallest absolute Gasteiger partial charge is 0.356 e. The molecule has 1 heterocycles. The Hall–Kier alpha value is -2.21. The molecule has 6 nitrogen and oxygen atoms in total. The number of methoxy groups -OCH3 is 1. The number of carbonyl (C=O) groups is 2. The number of fused-ring (bicyclic) bond motifs is 1. The molecular formula is C23H27ClN2O4. The Bertz CT molecular complexity index is 1020. The van der Waals surface area contributed by atoms with Gasteiger partial charge in [0.1, 0.15) is 11.4 Å². The Morgan fingerprint density at radius 2 is 1.97 bits per heavy atom. The minimum Gasteiger partial charge on any atom is -0.497 e. The molecule has 0 saturated heterocycles. The number of halogens is 1. The van der Waals surface area contributed by atoms with Crippen LogP contribution in [0.2, 0.25) is 0 Å². The van der Waals surface area contributed by atoms with Gasteiger partial charge in [-0.15, -0.1) is 11.6 Å². The lowest BCUT2D eigenvalue weighted by molar-refractivity contribution is -0.138. The number of amides is 1. The van der Waals surface area contributed by atoms with Crippen molar-refractivity contribution < 1.29 is 19.1 Å². The number of alkyl halides is 1. The predicted octanol–water partition coefficient (Wildman–Crippen LogP) is 4.87. The van der Waals surface area contributed by atoms with Crippen LogP contribution in [0.15, 0.2) is 18.2 Å². The average Bonchev–Trinajstić information content (AvgIpc) is 3.04. The van der Waals surface area contributed by atoms with Gasteiger partial charge in [-0.1, -0.05) is 0 Å². The second kappa shape index (κ2) is 6.91. The third-order valence-corrected chi connectivity index (χ3v) is 7.64. The van der Waals surface area contributed by atoms with Crippen molar-refractivity contribution in [3.63, 3.8) is 0 Å². The van der Waals surface area contributed by atoms with Crippen LogP contribution in [-0.2, 0) is 9.53 Å². The first kappa shape index (κ1) is 19.7. The average molecular weight is 431 g/mol. The van der Waals surface area contributed by atoms with Crippen LogP contribution in [0.25, 0.3) is 10.9 Å².